The molecule has 0 radical (unpaired) electrons. The summed E-state index contributed by atoms with van der Waals surface area (Å²) in [5.41, 5.74) is 3.44. The Morgan fingerprint density at radius 2 is 1.96 bits per heavy atom. The van der Waals surface area contributed by atoms with Crippen LogP contribution < -0.4 is 4.74 Å². The van der Waals surface area contributed by atoms with Crippen molar-refractivity contribution in [1.82, 2.24) is 0 Å². The predicted octanol–water partition coefficient (Wildman–Crippen LogP) is 2.39. The molecule has 0 heterocycles. The molecule has 1 aromatic rings. The highest BCUT2D eigenvalue weighted by molar-refractivity contribution is 6.03. The number of benzene rings is 1. The van der Waals surface area contributed by atoms with Crippen molar-refractivity contribution in [2.24, 2.45) is 11.3 Å². The van der Waals surface area contributed by atoms with E-state index in [1.807, 2.05) is 18.2 Å². The quantitative estimate of drug-likeness (QED) is 0.458. The summed E-state index contributed by atoms with van der Waals surface area (Å²) >= 11 is 0. The molecule has 0 amide bonds. The van der Waals surface area contributed by atoms with Crippen molar-refractivity contribution in [2.45, 2.75) is 12.8 Å². The molecule has 1 saturated carbocycles. The lowest BCUT2D eigenvalue weighted by molar-refractivity contribution is -0.162. The van der Waals surface area contributed by atoms with Crippen LogP contribution in [0.2, 0.25) is 0 Å². The molecule has 122 valence electrons. The maximum absolute atomic E-state index is 12.1. The van der Waals surface area contributed by atoms with E-state index < -0.39 is 17.4 Å². The summed E-state index contributed by atoms with van der Waals surface area (Å²) in [5.74, 6) is -0.536. The summed E-state index contributed by atoms with van der Waals surface area (Å²) in [5, 5.41) is 0. The van der Waals surface area contributed by atoms with E-state index in [4.69, 9.17) is 14.2 Å². The molecule has 1 aliphatic rings. The number of hydrogen-bond acceptors (Lipinski definition) is 5. The van der Waals surface area contributed by atoms with Crippen LogP contribution in [-0.2, 0) is 25.5 Å². The van der Waals surface area contributed by atoms with Crippen LogP contribution in [0.3, 0.4) is 0 Å². The number of ether oxygens (including phenoxy) is 3. The van der Waals surface area contributed by atoms with E-state index in [0.717, 1.165) is 11.1 Å². The van der Waals surface area contributed by atoms with E-state index in [1.54, 1.807) is 13.2 Å². The van der Waals surface area contributed by atoms with Crippen LogP contribution in [0.4, 0.5) is 0 Å². The minimum absolute atomic E-state index is 0.161. The molecule has 0 spiro atoms. The van der Waals surface area contributed by atoms with Crippen molar-refractivity contribution >= 4 is 18.0 Å². The molecule has 0 bridgehead atoms. The van der Waals surface area contributed by atoms with Gasteiger partial charge in [0.15, 0.2) is 5.41 Å². The highest BCUT2D eigenvalue weighted by Gasteiger charge is 2.67. The first kappa shape index (κ1) is 16.8. The van der Waals surface area contributed by atoms with Gasteiger partial charge in [0.25, 0.3) is 0 Å². The molecule has 1 aromatic carbocycles. The molecule has 1 atom stereocenters. The van der Waals surface area contributed by atoms with Gasteiger partial charge in [-0.2, -0.15) is 0 Å². The Bertz CT molecular complexity index is 654. The Labute approximate surface area is 135 Å². The summed E-state index contributed by atoms with van der Waals surface area (Å²) in [4.78, 5) is 24.1. The number of hydrogen-bond donors (Lipinski definition) is 0. The Balaban J connectivity index is 2.31. The van der Waals surface area contributed by atoms with Crippen molar-refractivity contribution in [2.75, 3.05) is 21.3 Å². The van der Waals surface area contributed by atoms with Gasteiger partial charge in [-0.1, -0.05) is 12.6 Å². The van der Waals surface area contributed by atoms with E-state index in [9.17, 15) is 9.59 Å². The second kappa shape index (κ2) is 6.71. The van der Waals surface area contributed by atoms with Crippen LogP contribution in [-0.4, -0.2) is 33.3 Å². The summed E-state index contributed by atoms with van der Waals surface area (Å²) in [7, 11) is 4.14. The van der Waals surface area contributed by atoms with Gasteiger partial charge < -0.3 is 14.2 Å². The first-order valence-electron chi connectivity index (χ1n) is 7.23. The molecule has 1 aliphatic carbocycles. The molecule has 5 heteroatoms. The third-order valence-corrected chi connectivity index (χ3v) is 4.28. The SMILES string of the molecule is C=C=Cc1ccc(OC)cc1CC1CC1(C(=O)OC)C(=O)OC. The maximum atomic E-state index is 12.1. The smallest absolute Gasteiger partial charge is 0.323 e. The van der Waals surface area contributed by atoms with Gasteiger partial charge in [-0.15, -0.1) is 5.73 Å². The lowest BCUT2D eigenvalue weighted by Gasteiger charge is -2.13. The standard InChI is InChI=1S/C18H20O5/c1-5-6-12-7-8-15(21-2)10-13(12)9-14-11-18(14,16(19)22-3)17(20)23-4/h6-8,10,14H,1,9,11H2,2-4H3. The first-order valence-corrected chi connectivity index (χ1v) is 7.23. The van der Waals surface area contributed by atoms with E-state index in [2.05, 4.69) is 12.3 Å². The predicted molar refractivity (Wildman–Crippen MR) is 84.9 cm³/mol. The third kappa shape index (κ3) is 3.01. The summed E-state index contributed by atoms with van der Waals surface area (Å²) in [6.45, 7) is 3.59. The van der Waals surface area contributed by atoms with E-state index in [0.29, 0.717) is 18.6 Å². The molecule has 0 saturated heterocycles. The molecule has 1 unspecified atom stereocenters. The Kier molecular flexibility index (Phi) is 4.92. The second-order valence-electron chi connectivity index (χ2n) is 5.47. The normalized spacial score (nSPS) is 17.6. The minimum Gasteiger partial charge on any atom is -0.497 e. The van der Waals surface area contributed by atoms with Crippen molar-refractivity contribution in [3.8, 4) is 5.75 Å². The highest BCUT2D eigenvalue weighted by Crippen LogP contribution is 2.56. The van der Waals surface area contributed by atoms with Gasteiger partial charge in [-0.25, -0.2) is 0 Å². The van der Waals surface area contributed by atoms with Gasteiger partial charge in [-0.05, 0) is 48.1 Å². The van der Waals surface area contributed by atoms with Gasteiger partial charge in [0.1, 0.15) is 5.75 Å². The van der Waals surface area contributed by atoms with E-state index >= 15 is 0 Å². The zero-order chi connectivity index (χ0) is 17.0. The number of rotatable bonds is 6. The molecular formula is C18H20O5. The Morgan fingerprint density at radius 3 is 2.48 bits per heavy atom. The van der Waals surface area contributed by atoms with Gasteiger partial charge in [0, 0.05) is 0 Å². The zero-order valence-corrected chi connectivity index (χ0v) is 13.5. The number of carbonyl (C=O) groups is 2. The van der Waals surface area contributed by atoms with Crippen LogP contribution in [0, 0.1) is 11.3 Å². The second-order valence-corrected chi connectivity index (χ2v) is 5.47. The van der Waals surface area contributed by atoms with E-state index in [1.165, 1.54) is 14.2 Å². The van der Waals surface area contributed by atoms with Crippen molar-refractivity contribution in [3.63, 3.8) is 0 Å². The fraction of sp³-hybridized carbons (Fsp3) is 0.389. The monoisotopic (exact) mass is 316 g/mol. The number of carbonyl (C=O) groups excluding carboxylic acids is 2. The molecular weight excluding hydrogens is 296 g/mol. The number of methoxy groups -OCH3 is 3. The molecule has 1 fully saturated rings. The Morgan fingerprint density at radius 1 is 1.30 bits per heavy atom. The van der Waals surface area contributed by atoms with Gasteiger partial charge in [0.2, 0.25) is 0 Å². The summed E-state index contributed by atoms with van der Waals surface area (Å²) in [6.07, 6.45) is 2.71. The minimum atomic E-state index is -1.19. The fourth-order valence-electron chi connectivity index (χ4n) is 2.93. The Hall–Kier alpha value is -2.52. The average molecular weight is 316 g/mol. The molecule has 23 heavy (non-hydrogen) atoms. The maximum Gasteiger partial charge on any atom is 0.323 e. The molecule has 0 aromatic heterocycles. The van der Waals surface area contributed by atoms with Crippen LogP contribution in [0.1, 0.15) is 17.5 Å². The van der Waals surface area contributed by atoms with Crippen LogP contribution in [0.5, 0.6) is 5.75 Å². The summed E-state index contributed by atoms with van der Waals surface area (Å²) < 4.78 is 14.8. The number of esters is 2. The zero-order valence-electron chi connectivity index (χ0n) is 13.5. The van der Waals surface area contributed by atoms with Crippen LogP contribution in [0.25, 0.3) is 6.08 Å². The lowest BCUT2D eigenvalue weighted by Crippen LogP contribution is -2.30. The third-order valence-electron chi connectivity index (χ3n) is 4.28. The average Bonchev–Trinajstić information content (AvgIpc) is 3.30. The molecule has 0 N–H and O–H groups in total. The first-order chi connectivity index (χ1) is 11.0. The van der Waals surface area contributed by atoms with Crippen LogP contribution in [0.15, 0.2) is 30.5 Å². The van der Waals surface area contributed by atoms with Crippen molar-refractivity contribution < 1.29 is 23.8 Å². The topological polar surface area (TPSA) is 61.8 Å². The van der Waals surface area contributed by atoms with Crippen molar-refractivity contribution in [1.29, 1.82) is 0 Å². The molecule has 0 aliphatic heterocycles. The van der Waals surface area contributed by atoms with Gasteiger partial charge in [0.05, 0.1) is 21.3 Å². The van der Waals surface area contributed by atoms with Crippen LogP contribution >= 0.6 is 0 Å². The largest absolute Gasteiger partial charge is 0.497 e. The van der Waals surface area contributed by atoms with Crippen molar-refractivity contribution in [3.05, 3.63) is 41.6 Å². The van der Waals surface area contributed by atoms with Gasteiger partial charge in [-0.3, -0.25) is 9.59 Å². The molecule has 5 nitrogen and oxygen atoms in total. The summed E-state index contributed by atoms with van der Waals surface area (Å²) in [6, 6.07) is 5.63. The van der Waals surface area contributed by atoms with Gasteiger partial charge >= 0.3 is 11.9 Å². The molecule has 2 rings (SSSR count). The lowest BCUT2D eigenvalue weighted by atomic mass is 9.96. The fourth-order valence-corrected chi connectivity index (χ4v) is 2.93. The van der Waals surface area contributed by atoms with E-state index in [-0.39, 0.29) is 5.92 Å². The highest BCUT2D eigenvalue weighted by atomic mass is 16.5.